The molecule has 20 heavy (non-hydrogen) atoms. The van der Waals surface area contributed by atoms with Crippen molar-refractivity contribution < 1.29 is 14.4 Å². The average Bonchev–Trinajstić information content (AvgIpc) is 2.31. The topological polar surface area (TPSA) is 66.5 Å². The van der Waals surface area contributed by atoms with Crippen LogP contribution in [0.3, 0.4) is 0 Å². The first-order valence-corrected chi connectivity index (χ1v) is 6.57. The Morgan fingerprint density at radius 3 is 2.05 bits per heavy atom. The van der Waals surface area contributed by atoms with Crippen molar-refractivity contribution in [3.05, 3.63) is 25.3 Å². The zero-order valence-electron chi connectivity index (χ0n) is 12.4. The van der Waals surface area contributed by atoms with Crippen LogP contribution in [0.2, 0.25) is 0 Å². The van der Waals surface area contributed by atoms with E-state index in [-0.39, 0.29) is 24.8 Å². The number of barbiturate groups is 1. The van der Waals surface area contributed by atoms with Crippen molar-refractivity contribution >= 4 is 17.8 Å². The molecule has 110 valence electrons. The Kier molecular flexibility index (Phi) is 4.53. The molecule has 0 unspecified atom stereocenters. The second kappa shape index (κ2) is 5.61. The van der Waals surface area contributed by atoms with Crippen molar-refractivity contribution in [3.8, 4) is 0 Å². The van der Waals surface area contributed by atoms with Gasteiger partial charge >= 0.3 is 6.03 Å². The standard InChI is InChI=1S/C15H22N2O3/c1-6-8-15(9-7-2)11(18)16-13(20)17(12(15)19)10-14(3,4)5/h6-7H,1-2,8-10H2,3-5H3,(H,16,18,20). The first-order chi connectivity index (χ1) is 9.18. The molecule has 1 fully saturated rings. The molecule has 0 radical (unpaired) electrons. The molecule has 0 atom stereocenters. The molecule has 1 aliphatic heterocycles. The maximum absolute atomic E-state index is 12.7. The third-order valence-corrected chi connectivity index (χ3v) is 3.17. The first kappa shape index (κ1) is 16.1. The summed E-state index contributed by atoms with van der Waals surface area (Å²) in [6.45, 7) is 13.2. The summed E-state index contributed by atoms with van der Waals surface area (Å²) in [6, 6.07) is -0.654. The highest BCUT2D eigenvalue weighted by molar-refractivity contribution is 6.19. The van der Waals surface area contributed by atoms with Gasteiger partial charge in [-0.15, -0.1) is 13.2 Å². The predicted octanol–water partition coefficient (Wildman–Crippen LogP) is 2.25. The number of amides is 4. The number of carbonyl (C=O) groups is 3. The summed E-state index contributed by atoms with van der Waals surface area (Å²) >= 11 is 0. The fourth-order valence-corrected chi connectivity index (χ4v) is 2.29. The number of nitrogens with zero attached hydrogens (tertiary/aromatic N) is 1. The molecule has 1 N–H and O–H groups in total. The van der Waals surface area contributed by atoms with Gasteiger partial charge in [0.05, 0.1) is 0 Å². The van der Waals surface area contributed by atoms with Gasteiger partial charge in [-0.05, 0) is 18.3 Å². The van der Waals surface area contributed by atoms with Gasteiger partial charge in [0.2, 0.25) is 11.8 Å². The Balaban J connectivity index is 3.21. The lowest BCUT2D eigenvalue weighted by molar-refractivity contribution is -0.152. The van der Waals surface area contributed by atoms with Crippen LogP contribution in [0, 0.1) is 10.8 Å². The second-order valence-electron chi connectivity index (χ2n) is 6.28. The maximum Gasteiger partial charge on any atom is 0.330 e. The summed E-state index contributed by atoms with van der Waals surface area (Å²) < 4.78 is 0. The zero-order chi connectivity index (χ0) is 15.6. The van der Waals surface area contributed by atoms with Gasteiger partial charge in [-0.2, -0.15) is 0 Å². The lowest BCUT2D eigenvalue weighted by atomic mass is 9.77. The van der Waals surface area contributed by atoms with Crippen LogP contribution in [0.5, 0.6) is 0 Å². The fraction of sp³-hybridized carbons (Fsp3) is 0.533. The molecule has 0 spiro atoms. The average molecular weight is 278 g/mol. The third-order valence-electron chi connectivity index (χ3n) is 3.17. The molecule has 1 saturated heterocycles. The largest absolute Gasteiger partial charge is 0.330 e. The molecule has 0 aromatic heterocycles. The molecule has 1 heterocycles. The van der Waals surface area contributed by atoms with E-state index in [2.05, 4.69) is 18.5 Å². The number of carbonyl (C=O) groups excluding carboxylic acids is 3. The molecule has 0 aromatic rings. The minimum atomic E-state index is -1.30. The molecule has 0 saturated carbocycles. The van der Waals surface area contributed by atoms with Gasteiger partial charge in [0.25, 0.3) is 0 Å². The smallest absolute Gasteiger partial charge is 0.277 e. The Labute approximate surface area is 119 Å². The normalized spacial score (nSPS) is 18.8. The van der Waals surface area contributed by atoms with Crippen molar-refractivity contribution in [1.29, 1.82) is 0 Å². The van der Waals surface area contributed by atoms with E-state index in [1.807, 2.05) is 20.8 Å². The van der Waals surface area contributed by atoms with E-state index in [0.29, 0.717) is 0 Å². The Hall–Kier alpha value is -1.91. The second-order valence-corrected chi connectivity index (χ2v) is 6.28. The predicted molar refractivity (Wildman–Crippen MR) is 76.8 cm³/mol. The van der Waals surface area contributed by atoms with Crippen LogP contribution in [0.1, 0.15) is 33.6 Å². The number of nitrogens with one attached hydrogen (secondary N) is 1. The fourth-order valence-electron chi connectivity index (χ4n) is 2.29. The van der Waals surface area contributed by atoms with Crippen LogP contribution < -0.4 is 5.32 Å². The first-order valence-electron chi connectivity index (χ1n) is 6.57. The Bertz CT molecular complexity index is 450. The molecule has 4 amide bonds. The molecule has 1 aliphatic rings. The molecule has 5 nitrogen and oxygen atoms in total. The number of hydrogen-bond acceptors (Lipinski definition) is 3. The number of imide groups is 2. The van der Waals surface area contributed by atoms with E-state index in [0.717, 1.165) is 4.90 Å². The van der Waals surface area contributed by atoms with Crippen molar-refractivity contribution in [2.24, 2.45) is 10.8 Å². The number of rotatable bonds is 5. The number of hydrogen-bond donors (Lipinski definition) is 1. The van der Waals surface area contributed by atoms with Crippen LogP contribution in [0.4, 0.5) is 4.79 Å². The zero-order valence-corrected chi connectivity index (χ0v) is 12.4. The summed E-state index contributed by atoms with van der Waals surface area (Å²) in [5.74, 6) is -1.04. The molecule has 0 aromatic carbocycles. The van der Waals surface area contributed by atoms with Crippen molar-refractivity contribution in [1.82, 2.24) is 10.2 Å². The summed E-state index contributed by atoms with van der Waals surface area (Å²) in [7, 11) is 0. The van der Waals surface area contributed by atoms with Crippen molar-refractivity contribution in [2.75, 3.05) is 6.54 Å². The quantitative estimate of drug-likeness (QED) is 0.619. The molecular formula is C15H22N2O3. The van der Waals surface area contributed by atoms with E-state index in [9.17, 15) is 14.4 Å². The van der Waals surface area contributed by atoms with Crippen molar-refractivity contribution in [3.63, 3.8) is 0 Å². The number of urea groups is 1. The minimum absolute atomic E-state index is 0.178. The molecule has 0 bridgehead atoms. The van der Waals surface area contributed by atoms with Gasteiger partial charge < -0.3 is 0 Å². The summed E-state index contributed by atoms with van der Waals surface area (Å²) in [5.41, 5.74) is -1.55. The van der Waals surface area contributed by atoms with E-state index >= 15 is 0 Å². The highest BCUT2D eigenvalue weighted by Crippen LogP contribution is 2.34. The Morgan fingerprint density at radius 1 is 1.15 bits per heavy atom. The third kappa shape index (κ3) is 2.98. The van der Waals surface area contributed by atoms with Gasteiger partial charge in [0, 0.05) is 6.54 Å². The van der Waals surface area contributed by atoms with Crippen LogP contribution in [-0.4, -0.2) is 29.3 Å². The molecule has 0 aliphatic carbocycles. The van der Waals surface area contributed by atoms with Gasteiger partial charge in [-0.25, -0.2) is 4.79 Å². The minimum Gasteiger partial charge on any atom is -0.277 e. The molecule has 1 rings (SSSR count). The monoisotopic (exact) mass is 278 g/mol. The molecule has 5 heteroatoms. The summed E-state index contributed by atoms with van der Waals surface area (Å²) in [5, 5.41) is 2.27. The highest BCUT2D eigenvalue weighted by Gasteiger charge is 2.52. The van der Waals surface area contributed by atoms with E-state index in [4.69, 9.17) is 0 Å². The van der Waals surface area contributed by atoms with E-state index in [1.165, 1.54) is 12.2 Å². The summed E-state index contributed by atoms with van der Waals surface area (Å²) in [4.78, 5) is 37.9. The highest BCUT2D eigenvalue weighted by atomic mass is 16.2. The van der Waals surface area contributed by atoms with Crippen LogP contribution in [0.15, 0.2) is 25.3 Å². The van der Waals surface area contributed by atoms with Crippen molar-refractivity contribution in [2.45, 2.75) is 33.6 Å². The van der Waals surface area contributed by atoms with Crippen LogP contribution in [-0.2, 0) is 9.59 Å². The summed E-state index contributed by atoms with van der Waals surface area (Å²) in [6.07, 6.45) is 3.40. The number of allylic oxidation sites excluding steroid dienone is 2. The molecular weight excluding hydrogens is 256 g/mol. The van der Waals surface area contributed by atoms with Crippen LogP contribution in [0.25, 0.3) is 0 Å². The SMILES string of the molecule is C=CCC1(CC=C)C(=O)NC(=O)N(CC(C)(C)C)C1=O. The van der Waals surface area contributed by atoms with E-state index in [1.54, 1.807) is 0 Å². The lowest BCUT2D eigenvalue weighted by Gasteiger charge is -2.40. The van der Waals surface area contributed by atoms with Gasteiger partial charge in [0.15, 0.2) is 0 Å². The van der Waals surface area contributed by atoms with Gasteiger partial charge in [-0.3, -0.25) is 19.8 Å². The van der Waals surface area contributed by atoms with Gasteiger partial charge in [-0.1, -0.05) is 32.9 Å². The van der Waals surface area contributed by atoms with Crippen LogP contribution >= 0.6 is 0 Å². The van der Waals surface area contributed by atoms with E-state index < -0.39 is 23.3 Å². The Morgan fingerprint density at radius 2 is 1.65 bits per heavy atom. The van der Waals surface area contributed by atoms with Gasteiger partial charge in [0.1, 0.15) is 5.41 Å². The lowest BCUT2D eigenvalue weighted by Crippen LogP contribution is -2.64. The maximum atomic E-state index is 12.7.